The number of urea groups is 1. The Bertz CT molecular complexity index is 919. The number of primary amides is 1. The topological polar surface area (TPSA) is 137 Å². The predicted octanol–water partition coefficient (Wildman–Crippen LogP) is 0.404. The van der Waals surface area contributed by atoms with Crippen LogP contribution in [-0.4, -0.2) is 66.9 Å². The van der Waals surface area contributed by atoms with Crippen LogP contribution < -0.4 is 16.4 Å². The van der Waals surface area contributed by atoms with E-state index in [1.165, 1.54) is 0 Å². The highest BCUT2D eigenvalue weighted by Crippen LogP contribution is 2.21. The molecule has 1 saturated heterocycles. The zero-order valence-corrected chi connectivity index (χ0v) is 18.5. The Labute approximate surface area is 192 Å². The van der Waals surface area contributed by atoms with E-state index in [1.54, 1.807) is 6.92 Å². The molecular formula is C23H29N4O6+. The van der Waals surface area contributed by atoms with Gasteiger partial charge in [-0.1, -0.05) is 36.4 Å². The van der Waals surface area contributed by atoms with Gasteiger partial charge in [-0.2, -0.15) is 4.48 Å². The Morgan fingerprint density at radius 1 is 1.24 bits per heavy atom. The van der Waals surface area contributed by atoms with Crippen LogP contribution in [0, 0.1) is 6.42 Å². The van der Waals surface area contributed by atoms with E-state index in [1.807, 2.05) is 36.4 Å². The summed E-state index contributed by atoms with van der Waals surface area (Å²) in [4.78, 5) is 49.7. The van der Waals surface area contributed by atoms with Crippen LogP contribution in [0.3, 0.4) is 0 Å². The van der Waals surface area contributed by atoms with Crippen LogP contribution >= 0.6 is 0 Å². The molecular weight excluding hydrogens is 428 g/mol. The fourth-order valence-electron chi connectivity index (χ4n) is 3.86. The number of cyclic esters (lactones) is 1. The molecule has 0 saturated carbocycles. The van der Waals surface area contributed by atoms with Crippen molar-refractivity contribution in [3.05, 3.63) is 54.0 Å². The van der Waals surface area contributed by atoms with Gasteiger partial charge in [0, 0.05) is 19.7 Å². The van der Waals surface area contributed by atoms with E-state index in [0.29, 0.717) is 13.1 Å². The van der Waals surface area contributed by atoms with Crippen LogP contribution in [0.1, 0.15) is 25.3 Å². The lowest BCUT2D eigenvalue weighted by Crippen LogP contribution is -2.64. The Morgan fingerprint density at radius 3 is 2.70 bits per heavy atom. The normalized spacial score (nSPS) is 25.2. The van der Waals surface area contributed by atoms with E-state index in [4.69, 9.17) is 15.2 Å². The molecule has 3 atom stereocenters. The lowest BCUT2D eigenvalue weighted by Gasteiger charge is -2.31. The number of amides is 4. The summed E-state index contributed by atoms with van der Waals surface area (Å²) in [5.74, 6) is -1.78. The van der Waals surface area contributed by atoms with Crippen molar-refractivity contribution in [2.24, 2.45) is 5.73 Å². The highest BCUT2D eigenvalue weighted by atomic mass is 16.7. The van der Waals surface area contributed by atoms with E-state index >= 15 is 0 Å². The van der Waals surface area contributed by atoms with Crippen molar-refractivity contribution in [3.8, 4) is 0 Å². The molecule has 3 rings (SSSR count). The van der Waals surface area contributed by atoms with Crippen LogP contribution in [0.15, 0.2) is 42.0 Å². The number of carbonyl (C=O) groups excluding carboxylic acids is 4. The van der Waals surface area contributed by atoms with Gasteiger partial charge in [-0.15, -0.1) is 0 Å². The van der Waals surface area contributed by atoms with E-state index in [9.17, 15) is 19.2 Å². The van der Waals surface area contributed by atoms with Crippen molar-refractivity contribution in [3.63, 3.8) is 0 Å². The molecule has 2 radical (unpaired) electrons. The number of rotatable bonds is 9. The summed E-state index contributed by atoms with van der Waals surface area (Å²) in [6, 6.07) is 8.13. The zero-order chi connectivity index (χ0) is 23.8. The summed E-state index contributed by atoms with van der Waals surface area (Å²) in [5, 5.41) is 5.93. The summed E-state index contributed by atoms with van der Waals surface area (Å²) >= 11 is 0. The number of allylic oxidation sites excluding steroid dienone is 1. The van der Waals surface area contributed by atoms with Gasteiger partial charge in [0.1, 0.15) is 19.0 Å². The Hall–Kier alpha value is -3.08. The van der Waals surface area contributed by atoms with Gasteiger partial charge in [0.05, 0.1) is 6.42 Å². The average molecular weight is 458 g/mol. The summed E-state index contributed by atoms with van der Waals surface area (Å²) in [5.41, 5.74) is 7.50. The number of hydrogen-bond acceptors (Lipinski definition) is 7. The minimum absolute atomic E-state index is 0.0502. The number of nitrogens with one attached hydrogen (secondary N) is 2. The molecule has 3 unspecified atom stereocenters. The Balaban J connectivity index is 1.67. The van der Waals surface area contributed by atoms with Crippen molar-refractivity contribution in [1.29, 1.82) is 0 Å². The molecule has 1 fully saturated rings. The Morgan fingerprint density at radius 2 is 2.00 bits per heavy atom. The number of nitrogens with zero attached hydrogens (tertiary/aromatic N) is 1. The van der Waals surface area contributed by atoms with E-state index in [0.717, 1.165) is 11.1 Å². The van der Waals surface area contributed by atoms with Gasteiger partial charge >= 0.3 is 17.9 Å². The minimum Gasteiger partial charge on any atom is -0.433 e. The van der Waals surface area contributed by atoms with Gasteiger partial charge < -0.3 is 25.8 Å². The second kappa shape index (κ2) is 11.2. The third-order valence-electron chi connectivity index (χ3n) is 5.51. The SMILES string of the molecule is CCOC1OC(=O)CC1NC(=O)C[N+]1(C(N)=O)CC(CNCc2ccccc2)=CC[C]C1=O. The number of carbonyl (C=O) groups is 4. The highest BCUT2D eigenvalue weighted by molar-refractivity contribution is 5.92. The summed E-state index contributed by atoms with van der Waals surface area (Å²) in [6.07, 6.45) is 3.69. The molecule has 0 spiro atoms. The number of esters is 1. The first-order valence-electron chi connectivity index (χ1n) is 10.8. The molecule has 1 aromatic rings. The molecule has 0 aliphatic carbocycles. The monoisotopic (exact) mass is 457 g/mol. The first-order valence-corrected chi connectivity index (χ1v) is 10.8. The van der Waals surface area contributed by atoms with Gasteiger partial charge in [0.25, 0.3) is 5.91 Å². The molecule has 10 heteroatoms. The maximum absolute atomic E-state index is 12.8. The van der Waals surface area contributed by atoms with Crippen molar-refractivity contribution < 1.29 is 33.1 Å². The maximum Gasteiger partial charge on any atom is 0.422 e. The van der Waals surface area contributed by atoms with E-state index < -0.39 is 47.2 Å². The van der Waals surface area contributed by atoms with Crippen LogP contribution in [-0.2, 0) is 30.4 Å². The smallest absolute Gasteiger partial charge is 0.422 e. The molecule has 10 nitrogen and oxygen atoms in total. The minimum atomic E-state index is -0.946. The number of imide groups is 1. The maximum atomic E-state index is 12.8. The van der Waals surface area contributed by atoms with Gasteiger partial charge in [-0.05, 0) is 24.5 Å². The summed E-state index contributed by atoms with van der Waals surface area (Å²) in [7, 11) is 0. The van der Waals surface area contributed by atoms with Crippen molar-refractivity contribution in [2.45, 2.75) is 38.6 Å². The molecule has 0 bridgehead atoms. The standard InChI is InChI=1S/C23H28N4O6/c1-2-32-22-18(11-21(30)33-22)26-19(28)15-27(23(24)31)14-17(9-6-10-20(27)29)13-25-12-16-7-4-3-5-8-16/h3-5,7-9,18,22,25H,2,6,11-15H2,1H3,(H2-,24,26,28,31)/p+1. The molecule has 4 amide bonds. The van der Waals surface area contributed by atoms with Crippen LogP contribution in [0.2, 0.25) is 0 Å². The molecule has 0 aromatic heterocycles. The van der Waals surface area contributed by atoms with E-state index in [2.05, 4.69) is 17.1 Å². The number of hydrogen-bond donors (Lipinski definition) is 3. The quantitative estimate of drug-likeness (QED) is 0.277. The van der Waals surface area contributed by atoms with Crippen LogP contribution in [0.5, 0.6) is 0 Å². The molecule has 33 heavy (non-hydrogen) atoms. The summed E-state index contributed by atoms with van der Waals surface area (Å²) in [6.45, 7) is 2.48. The van der Waals surface area contributed by atoms with Gasteiger partial charge in [0.2, 0.25) is 6.29 Å². The number of nitrogens with two attached hydrogens (primary N) is 1. The molecule has 1 aromatic carbocycles. The van der Waals surface area contributed by atoms with Gasteiger partial charge in [-0.25, -0.2) is 9.59 Å². The largest absolute Gasteiger partial charge is 0.433 e. The average Bonchev–Trinajstić information content (AvgIpc) is 3.02. The lowest BCUT2D eigenvalue weighted by molar-refractivity contribution is -0.756. The van der Waals surface area contributed by atoms with Crippen molar-refractivity contribution in [2.75, 3.05) is 26.2 Å². The molecule has 2 heterocycles. The highest BCUT2D eigenvalue weighted by Gasteiger charge is 2.47. The van der Waals surface area contributed by atoms with Crippen molar-refractivity contribution >= 4 is 23.8 Å². The third-order valence-corrected chi connectivity index (χ3v) is 5.51. The van der Waals surface area contributed by atoms with Gasteiger partial charge in [-0.3, -0.25) is 9.59 Å². The van der Waals surface area contributed by atoms with Crippen LogP contribution in [0.4, 0.5) is 4.79 Å². The van der Waals surface area contributed by atoms with Crippen molar-refractivity contribution in [1.82, 2.24) is 10.6 Å². The fraction of sp³-hybridized carbons (Fsp3) is 0.435. The fourth-order valence-corrected chi connectivity index (χ4v) is 3.86. The predicted molar refractivity (Wildman–Crippen MR) is 117 cm³/mol. The Kier molecular flexibility index (Phi) is 8.32. The van der Waals surface area contributed by atoms with Gasteiger partial charge in [0.15, 0.2) is 6.54 Å². The third kappa shape index (κ3) is 6.25. The molecule has 2 aliphatic rings. The second-order valence-corrected chi connectivity index (χ2v) is 7.95. The second-order valence-electron chi connectivity index (χ2n) is 7.95. The number of quaternary nitrogens is 1. The first-order chi connectivity index (χ1) is 15.8. The molecule has 176 valence electrons. The summed E-state index contributed by atoms with van der Waals surface area (Å²) < 4.78 is 9.47. The molecule has 4 N–H and O–H groups in total. The van der Waals surface area contributed by atoms with Crippen LogP contribution in [0.25, 0.3) is 0 Å². The lowest BCUT2D eigenvalue weighted by atomic mass is 10.1. The zero-order valence-electron chi connectivity index (χ0n) is 18.5. The number of ether oxygens (including phenoxy) is 2. The number of benzene rings is 1. The first kappa shape index (κ1) is 24.6. The molecule has 2 aliphatic heterocycles. The van der Waals surface area contributed by atoms with E-state index in [-0.39, 0.29) is 26.0 Å².